The molecule has 1 N–H and O–H groups in total. The average molecular weight is 310 g/mol. The fraction of sp³-hybridized carbons (Fsp3) is 0.625. The van der Waals surface area contributed by atoms with Gasteiger partial charge >= 0.3 is 0 Å². The van der Waals surface area contributed by atoms with Crippen molar-refractivity contribution in [3.63, 3.8) is 0 Å². The van der Waals surface area contributed by atoms with Gasteiger partial charge in [0.25, 0.3) is 0 Å². The zero-order valence-electron chi connectivity index (χ0n) is 13.4. The summed E-state index contributed by atoms with van der Waals surface area (Å²) in [5.74, 6) is 0.432. The van der Waals surface area contributed by atoms with Crippen molar-refractivity contribution in [2.75, 3.05) is 13.6 Å². The molecule has 2 rings (SSSR count). The molecule has 1 aliphatic rings. The topological polar surface area (TPSA) is 49.4 Å². The minimum Gasteiger partial charge on any atom is -0.316 e. The van der Waals surface area contributed by atoms with Crippen LogP contribution in [-0.4, -0.2) is 32.4 Å². The molecule has 0 bridgehead atoms. The summed E-state index contributed by atoms with van der Waals surface area (Å²) in [7, 11) is -1.50. The van der Waals surface area contributed by atoms with Gasteiger partial charge in [-0.1, -0.05) is 19.9 Å². The molecule has 1 fully saturated rings. The molecule has 0 aliphatic carbocycles. The Labute approximate surface area is 128 Å². The third-order valence-corrected chi connectivity index (χ3v) is 6.24. The highest BCUT2D eigenvalue weighted by molar-refractivity contribution is 7.89. The quantitative estimate of drug-likeness (QED) is 0.908. The van der Waals surface area contributed by atoms with Crippen LogP contribution >= 0.6 is 0 Å². The minimum absolute atomic E-state index is 0.0867. The van der Waals surface area contributed by atoms with Crippen molar-refractivity contribution < 1.29 is 8.42 Å². The van der Waals surface area contributed by atoms with Gasteiger partial charge in [0.05, 0.1) is 4.90 Å². The SMILES string of the molecule is CCc1ccc(S(=O)(=O)N2CC(C)CC2C)cc1CNC. The van der Waals surface area contributed by atoms with Gasteiger partial charge in [-0.2, -0.15) is 4.31 Å². The Balaban J connectivity index is 2.38. The van der Waals surface area contributed by atoms with Gasteiger partial charge < -0.3 is 5.32 Å². The second kappa shape index (κ2) is 6.46. The molecule has 1 saturated heterocycles. The smallest absolute Gasteiger partial charge is 0.243 e. The normalized spacial score (nSPS) is 23.6. The minimum atomic E-state index is -3.38. The third-order valence-electron chi connectivity index (χ3n) is 4.26. The van der Waals surface area contributed by atoms with Crippen LogP contribution in [0.5, 0.6) is 0 Å². The van der Waals surface area contributed by atoms with Gasteiger partial charge in [-0.25, -0.2) is 8.42 Å². The van der Waals surface area contributed by atoms with E-state index in [-0.39, 0.29) is 6.04 Å². The fourth-order valence-corrected chi connectivity index (χ4v) is 5.01. The van der Waals surface area contributed by atoms with Crippen molar-refractivity contribution in [2.24, 2.45) is 5.92 Å². The van der Waals surface area contributed by atoms with Crippen molar-refractivity contribution in [1.82, 2.24) is 9.62 Å². The summed E-state index contributed by atoms with van der Waals surface area (Å²) in [6.45, 7) is 7.51. The molecule has 118 valence electrons. The first-order chi connectivity index (χ1) is 9.90. The summed E-state index contributed by atoms with van der Waals surface area (Å²) in [5, 5.41) is 3.11. The predicted octanol–water partition coefficient (Wildman–Crippen LogP) is 2.39. The molecule has 4 nitrogen and oxygen atoms in total. The van der Waals surface area contributed by atoms with Gasteiger partial charge in [0.15, 0.2) is 0 Å². The van der Waals surface area contributed by atoms with Gasteiger partial charge in [-0.3, -0.25) is 0 Å². The van der Waals surface area contributed by atoms with Gasteiger partial charge in [0.2, 0.25) is 10.0 Å². The zero-order chi connectivity index (χ0) is 15.6. The van der Waals surface area contributed by atoms with Crippen LogP contribution in [0.25, 0.3) is 0 Å². The summed E-state index contributed by atoms with van der Waals surface area (Å²) in [5.41, 5.74) is 2.27. The lowest BCUT2D eigenvalue weighted by Crippen LogP contribution is -2.34. The Bertz CT molecular complexity index is 598. The molecule has 1 aromatic rings. The Morgan fingerprint density at radius 2 is 2.00 bits per heavy atom. The third kappa shape index (κ3) is 3.30. The number of sulfonamides is 1. The van der Waals surface area contributed by atoms with Gasteiger partial charge in [0, 0.05) is 19.1 Å². The van der Waals surface area contributed by atoms with E-state index in [9.17, 15) is 8.42 Å². The summed E-state index contributed by atoms with van der Waals surface area (Å²) in [6.07, 6.45) is 1.85. The first-order valence-corrected chi connectivity index (χ1v) is 9.12. The summed E-state index contributed by atoms with van der Waals surface area (Å²) >= 11 is 0. The maximum absolute atomic E-state index is 12.9. The standard InChI is InChI=1S/C16H26N2O2S/c1-5-14-6-7-16(9-15(14)10-17-4)21(19,20)18-11-12(2)8-13(18)3/h6-7,9,12-13,17H,5,8,10-11H2,1-4H3. The molecule has 0 amide bonds. The van der Waals surface area contributed by atoms with Crippen LogP contribution in [0.4, 0.5) is 0 Å². The van der Waals surface area contributed by atoms with Crippen molar-refractivity contribution in [3.05, 3.63) is 29.3 Å². The van der Waals surface area contributed by atoms with Crippen molar-refractivity contribution in [3.8, 4) is 0 Å². The summed E-state index contributed by atoms with van der Waals surface area (Å²) in [4.78, 5) is 0.422. The average Bonchev–Trinajstić information content (AvgIpc) is 2.78. The molecule has 0 spiro atoms. The Morgan fingerprint density at radius 1 is 1.29 bits per heavy atom. The highest BCUT2D eigenvalue weighted by Gasteiger charge is 2.36. The number of benzene rings is 1. The van der Waals surface area contributed by atoms with Crippen LogP contribution in [0.1, 0.15) is 38.3 Å². The van der Waals surface area contributed by atoms with Crippen LogP contribution in [0.2, 0.25) is 0 Å². The lowest BCUT2D eigenvalue weighted by atomic mass is 10.1. The molecule has 1 aliphatic heterocycles. The Morgan fingerprint density at radius 3 is 2.52 bits per heavy atom. The molecule has 1 heterocycles. The molecular formula is C16H26N2O2S. The second-order valence-electron chi connectivity index (χ2n) is 6.08. The van der Waals surface area contributed by atoms with Gasteiger partial charge in [-0.05, 0) is 56.0 Å². The maximum Gasteiger partial charge on any atom is 0.243 e. The predicted molar refractivity (Wildman–Crippen MR) is 85.7 cm³/mol. The van der Waals surface area contributed by atoms with Crippen LogP contribution in [0.3, 0.4) is 0 Å². The lowest BCUT2D eigenvalue weighted by Gasteiger charge is -2.22. The summed E-state index contributed by atoms with van der Waals surface area (Å²) < 4.78 is 27.4. The molecule has 0 aromatic heterocycles. The van der Waals surface area contributed by atoms with Crippen LogP contribution in [0, 0.1) is 5.92 Å². The lowest BCUT2D eigenvalue weighted by molar-refractivity contribution is 0.405. The number of aryl methyl sites for hydroxylation is 1. The molecule has 1 aromatic carbocycles. The zero-order valence-corrected chi connectivity index (χ0v) is 14.2. The van der Waals surface area contributed by atoms with E-state index in [2.05, 4.69) is 19.2 Å². The number of rotatable bonds is 5. The van der Waals surface area contributed by atoms with Gasteiger partial charge in [0.1, 0.15) is 0 Å². The fourth-order valence-electron chi connectivity index (χ4n) is 3.19. The summed E-state index contributed by atoms with van der Waals surface area (Å²) in [6, 6.07) is 5.62. The van der Waals surface area contributed by atoms with Crippen molar-refractivity contribution in [2.45, 2.75) is 51.1 Å². The molecule has 5 heteroatoms. The van der Waals surface area contributed by atoms with E-state index >= 15 is 0 Å². The first kappa shape index (κ1) is 16.5. The van der Waals surface area contributed by atoms with E-state index in [4.69, 9.17) is 0 Å². The van der Waals surface area contributed by atoms with E-state index in [1.54, 1.807) is 10.4 Å². The highest BCUT2D eigenvalue weighted by atomic mass is 32.2. The largest absolute Gasteiger partial charge is 0.316 e. The van der Waals surface area contributed by atoms with Crippen LogP contribution in [-0.2, 0) is 23.0 Å². The second-order valence-corrected chi connectivity index (χ2v) is 7.97. The number of hydrogen-bond donors (Lipinski definition) is 1. The van der Waals surface area contributed by atoms with Crippen LogP contribution in [0.15, 0.2) is 23.1 Å². The van der Waals surface area contributed by atoms with Crippen molar-refractivity contribution in [1.29, 1.82) is 0 Å². The number of hydrogen-bond acceptors (Lipinski definition) is 3. The molecular weight excluding hydrogens is 284 g/mol. The number of nitrogens with zero attached hydrogens (tertiary/aromatic N) is 1. The van der Waals surface area contributed by atoms with E-state index in [0.717, 1.165) is 18.4 Å². The van der Waals surface area contributed by atoms with E-state index in [1.807, 2.05) is 26.1 Å². The maximum atomic E-state index is 12.9. The van der Waals surface area contributed by atoms with E-state index < -0.39 is 10.0 Å². The molecule has 0 saturated carbocycles. The first-order valence-electron chi connectivity index (χ1n) is 7.68. The van der Waals surface area contributed by atoms with Gasteiger partial charge in [-0.15, -0.1) is 0 Å². The molecule has 0 radical (unpaired) electrons. The molecule has 2 atom stereocenters. The van der Waals surface area contributed by atoms with E-state index in [0.29, 0.717) is 23.9 Å². The monoisotopic (exact) mass is 310 g/mol. The van der Waals surface area contributed by atoms with E-state index in [1.165, 1.54) is 5.56 Å². The Hall–Kier alpha value is -0.910. The number of nitrogens with one attached hydrogen (secondary N) is 1. The highest BCUT2D eigenvalue weighted by Crippen LogP contribution is 2.30. The molecule has 21 heavy (non-hydrogen) atoms. The molecule has 2 unspecified atom stereocenters. The van der Waals surface area contributed by atoms with Crippen molar-refractivity contribution >= 4 is 10.0 Å². The Kier molecular flexibility index (Phi) is 5.07. The van der Waals surface area contributed by atoms with Crippen LogP contribution < -0.4 is 5.32 Å².